The van der Waals surface area contributed by atoms with E-state index in [1.165, 1.54) is 6.42 Å². The van der Waals surface area contributed by atoms with Gasteiger partial charge in [0.15, 0.2) is 0 Å². The van der Waals surface area contributed by atoms with Crippen molar-refractivity contribution in [1.82, 2.24) is 4.90 Å². The van der Waals surface area contributed by atoms with E-state index >= 15 is 0 Å². The molecule has 1 aromatic rings. The van der Waals surface area contributed by atoms with Gasteiger partial charge in [0.1, 0.15) is 0 Å². The normalized spacial score (nSPS) is 30.5. The Kier molecular flexibility index (Phi) is 3.80. The van der Waals surface area contributed by atoms with Crippen LogP contribution in [-0.2, 0) is 0 Å². The van der Waals surface area contributed by atoms with Crippen LogP contribution >= 0.6 is 34.2 Å². The Hall–Kier alpha value is -0.290. The third kappa shape index (κ3) is 2.96. The fraction of sp³-hybridized carbons (Fsp3) is 0.588. The summed E-state index contributed by atoms with van der Waals surface area (Å²) in [4.78, 5) is 15.1. The van der Waals surface area contributed by atoms with Gasteiger partial charge in [0, 0.05) is 21.2 Å². The van der Waals surface area contributed by atoms with Crippen LogP contribution in [0.4, 0.5) is 0 Å². The van der Waals surface area contributed by atoms with Crippen molar-refractivity contribution in [3.63, 3.8) is 0 Å². The molecule has 2 unspecified atom stereocenters. The van der Waals surface area contributed by atoms with Crippen LogP contribution in [0.25, 0.3) is 0 Å². The van der Waals surface area contributed by atoms with Crippen molar-refractivity contribution >= 4 is 40.1 Å². The van der Waals surface area contributed by atoms with E-state index in [0.717, 1.165) is 28.5 Å². The van der Waals surface area contributed by atoms with Gasteiger partial charge < -0.3 is 4.90 Å². The van der Waals surface area contributed by atoms with Crippen molar-refractivity contribution in [2.45, 2.75) is 46.1 Å². The average molecular weight is 418 g/mol. The molecule has 2 nitrogen and oxygen atoms in total. The second kappa shape index (κ2) is 5.12. The van der Waals surface area contributed by atoms with Gasteiger partial charge in [0.2, 0.25) is 0 Å². The standard InChI is InChI=1S/C17H21ClINO/c1-16(2)7-12-8-17(3,9-16)10-20(12)15(21)13-6-11(18)4-5-14(13)19/h4-6,12H,7-10H2,1-3H3. The zero-order chi connectivity index (χ0) is 15.4. The van der Waals surface area contributed by atoms with E-state index in [4.69, 9.17) is 11.6 Å². The third-order valence-corrected chi connectivity index (χ3v) is 6.01. The molecule has 1 saturated carbocycles. The number of benzene rings is 1. The summed E-state index contributed by atoms with van der Waals surface area (Å²) in [7, 11) is 0. The molecule has 1 aliphatic heterocycles. The van der Waals surface area contributed by atoms with Crippen LogP contribution in [0, 0.1) is 14.4 Å². The largest absolute Gasteiger partial charge is 0.335 e. The molecule has 1 saturated heterocycles. The average Bonchev–Trinajstić information content (AvgIpc) is 2.61. The second-order valence-electron chi connectivity index (χ2n) is 7.77. The van der Waals surface area contributed by atoms with E-state index < -0.39 is 0 Å². The summed E-state index contributed by atoms with van der Waals surface area (Å²) in [6.07, 6.45) is 3.44. The van der Waals surface area contributed by atoms with E-state index in [-0.39, 0.29) is 11.3 Å². The quantitative estimate of drug-likeness (QED) is 0.590. The number of likely N-dealkylation sites (tertiary alicyclic amines) is 1. The van der Waals surface area contributed by atoms with Gasteiger partial charge >= 0.3 is 0 Å². The number of fused-ring (bicyclic) bond motifs is 2. The van der Waals surface area contributed by atoms with Crippen LogP contribution in [0.5, 0.6) is 0 Å². The van der Waals surface area contributed by atoms with Crippen LogP contribution in [-0.4, -0.2) is 23.4 Å². The van der Waals surface area contributed by atoms with Gasteiger partial charge in [0.25, 0.3) is 5.91 Å². The maximum Gasteiger partial charge on any atom is 0.255 e. The minimum absolute atomic E-state index is 0.147. The molecule has 2 aliphatic rings. The predicted octanol–water partition coefficient (Wildman–Crippen LogP) is 4.99. The molecule has 0 radical (unpaired) electrons. The number of carbonyl (C=O) groups excluding carboxylic acids is 1. The Balaban J connectivity index is 1.91. The Morgan fingerprint density at radius 3 is 2.76 bits per heavy atom. The van der Waals surface area contributed by atoms with E-state index in [1.807, 2.05) is 12.1 Å². The van der Waals surface area contributed by atoms with Crippen molar-refractivity contribution in [3.8, 4) is 0 Å². The molecule has 114 valence electrons. The topological polar surface area (TPSA) is 20.3 Å². The second-order valence-corrected chi connectivity index (χ2v) is 9.37. The molecular formula is C17H21ClINO. The molecule has 1 amide bonds. The minimum Gasteiger partial charge on any atom is -0.335 e. The highest BCUT2D eigenvalue weighted by atomic mass is 127. The lowest BCUT2D eigenvalue weighted by atomic mass is 9.65. The van der Waals surface area contributed by atoms with Crippen molar-refractivity contribution in [2.75, 3.05) is 6.54 Å². The summed E-state index contributed by atoms with van der Waals surface area (Å²) in [6.45, 7) is 7.86. The lowest BCUT2D eigenvalue weighted by Crippen LogP contribution is -2.38. The molecule has 2 fully saturated rings. The monoisotopic (exact) mass is 417 g/mol. The third-order valence-electron chi connectivity index (χ3n) is 4.83. The molecule has 3 rings (SSSR count). The molecular weight excluding hydrogens is 397 g/mol. The van der Waals surface area contributed by atoms with Gasteiger partial charge in [-0.15, -0.1) is 0 Å². The highest BCUT2D eigenvalue weighted by Crippen LogP contribution is 2.52. The first-order valence-electron chi connectivity index (χ1n) is 7.45. The number of amides is 1. The molecule has 2 atom stereocenters. The first-order valence-corrected chi connectivity index (χ1v) is 8.91. The molecule has 2 bridgehead atoms. The minimum atomic E-state index is 0.147. The van der Waals surface area contributed by atoms with Gasteiger partial charge in [-0.2, -0.15) is 0 Å². The Morgan fingerprint density at radius 1 is 1.33 bits per heavy atom. The molecule has 0 aromatic heterocycles. The maximum atomic E-state index is 13.0. The molecule has 4 heteroatoms. The van der Waals surface area contributed by atoms with E-state index in [1.54, 1.807) is 6.07 Å². The number of carbonyl (C=O) groups is 1. The van der Waals surface area contributed by atoms with Crippen LogP contribution in [0.1, 0.15) is 50.4 Å². The molecule has 0 spiro atoms. The molecule has 21 heavy (non-hydrogen) atoms. The van der Waals surface area contributed by atoms with Gasteiger partial charge in [0.05, 0.1) is 5.56 Å². The summed E-state index contributed by atoms with van der Waals surface area (Å²) in [5, 5.41) is 0.632. The van der Waals surface area contributed by atoms with Crippen molar-refractivity contribution in [2.24, 2.45) is 10.8 Å². The molecule has 0 N–H and O–H groups in total. The van der Waals surface area contributed by atoms with Crippen molar-refractivity contribution in [1.29, 1.82) is 0 Å². The van der Waals surface area contributed by atoms with Crippen LogP contribution in [0.15, 0.2) is 18.2 Å². The highest BCUT2D eigenvalue weighted by molar-refractivity contribution is 14.1. The van der Waals surface area contributed by atoms with Gasteiger partial charge in [-0.1, -0.05) is 32.4 Å². The number of rotatable bonds is 1. The fourth-order valence-corrected chi connectivity index (χ4v) is 5.25. The summed E-state index contributed by atoms with van der Waals surface area (Å²) in [5.41, 5.74) is 1.34. The van der Waals surface area contributed by atoms with E-state index in [2.05, 4.69) is 48.3 Å². The van der Waals surface area contributed by atoms with Crippen LogP contribution in [0.3, 0.4) is 0 Å². The van der Waals surface area contributed by atoms with Crippen LogP contribution in [0.2, 0.25) is 5.02 Å². The lowest BCUT2D eigenvalue weighted by Gasteiger charge is -2.39. The maximum absolute atomic E-state index is 13.0. The SMILES string of the molecule is CC1(C)CC2CC(C)(CN2C(=O)c2cc(Cl)ccc2I)C1. The highest BCUT2D eigenvalue weighted by Gasteiger charge is 2.51. The van der Waals surface area contributed by atoms with Crippen LogP contribution < -0.4 is 0 Å². The zero-order valence-electron chi connectivity index (χ0n) is 12.7. The van der Waals surface area contributed by atoms with Gasteiger partial charge in [-0.3, -0.25) is 4.79 Å². The van der Waals surface area contributed by atoms with Gasteiger partial charge in [-0.05, 0) is 70.9 Å². The first-order chi connectivity index (χ1) is 9.69. The predicted molar refractivity (Wildman–Crippen MR) is 94.7 cm³/mol. The number of nitrogens with zero attached hydrogens (tertiary/aromatic N) is 1. The number of halogens is 2. The summed E-state index contributed by atoms with van der Waals surface area (Å²) in [5.74, 6) is 0.147. The smallest absolute Gasteiger partial charge is 0.255 e. The zero-order valence-corrected chi connectivity index (χ0v) is 15.7. The lowest BCUT2D eigenvalue weighted by molar-refractivity contribution is 0.0707. The summed E-state index contributed by atoms with van der Waals surface area (Å²) >= 11 is 8.30. The Morgan fingerprint density at radius 2 is 2.05 bits per heavy atom. The van der Waals surface area contributed by atoms with Gasteiger partial charge in [-0.25, -0.2) is 0 Å². The van der Waals surface area contributed by atoms with Crippen molar-refractivity contribution < 1.29 is 4.79 Å². The summed E-state index contributed by atoms with van der Waals surface area (Å²) < 4.78 is 0.980. The fourth-order valence-electron chi connectivity index (χ4n) is 4.51. The summed E-state index contributed by atoms with van der Waals surface area (Å²) in [6, 6.07) is 5.94. The number of hydrogen-bond donors (Lipinski definition) is 0. The first kappa shape index (κ1) is 15.6. The van der Waals surface area contributed by atoms with E-state index in [9.17, 15) is 4.79 Å². The Labute approximate surface area is 145 Å². The van der Waals surface area contributed by atoms with E-state index in [0.29, 0.717) is 16.5 Å². The van der Waals surface area contributed by atoms with Crippen molar-refractivity contribution in [3.05, 3.63) is 32.4 Å². The molecule has 1 aliphatic carbocycles. The number of hydrogen-bond acceptors (Lipinski definition) is 1. The molecule has 1 aromatic carbocycles. The molecule has 1 heterocycles. The Bertz CT molecular complexity index is 600.